The first-order valence-corrected chi connectivity index (χ1v) is 21.7. The third-order valence-electron chi connectivity index (χ3n) is 7.90. The average Bonchev–Trinajstić information content (AvgIpc) is 3.39. The molecule has 2 aliphatic carbocycles. The molecule has 2 aromatic carbocycles. The van der Waals surface area contributed by atoms with Crippen LogP contribution in [0.15, 0.2) is 85.0 Å². The van der Waals surface area contributed by atoms with E-state index in [1.807, 2.05) is 83.3 Å². The number of rotatable bonds is 6. The van der Waals surface area contributed by atoms with Crippen molar-refractivity contribution in [3.05, 3.63) is 107 Å². The first kappa shape index (κ1) is 24.4. The summed E-state index contributed by atoms with van der Waals surface area (Å²) in [5.74, 6) is -1.14. The van der Waals surface area contributed by atoms with Gasteiger partial charge in [-0.05, 0) is 0 Å². The van der Waals surface area contributed by atoms with Gasteiger partial charge in [-0.2, -0.15) is 0 Å². The predicted molar refractivity (Wildman–Crippen MR) is 139 cm³/mol. The number of hydrogen-bond acceptors (Lipinski definition) is 4. The standard InChI is InChI=1S/2C9H7.2C4H6O2.2CH3.H2Si.Ti/c2*1-2-5-9-7-3-6-8(9)4-1;2*1-3(2)4(5)6;;;;/h2*1-7H;2*1H2,2H3,(H,5,6);2*1H3;1H2;/q;;;;;;;+2/p-2. The molecule has 0 fully saturated rings. The van der Waals surface area contributed by atoms with E-state index in [4.69, 9.17) is 6.64 Å². The third kappa shape index (κ3) is 3.22. The molecule has 0 aliphatic heterocycles. The van der Waals surface area contributed by atoms with E-state index >= 15 is 0 Å². The summed E-state index contributed by atoms with van der Waals surface area (Å²) in [7, 11) is 1.60. The second-order valence-electron chi connectivity index (χ2n) is 11.9. The summed E-state index contributed by atoms with van der Waals surface area (Å²) in [5, 5.41) is 3.87. The maximum absolute atomic E-state index is 13.5. The van der Waals surface area contributed by atoms with Crippen molar-refractivity contribution in [3.8, 4) is 0 Å². The first-order valence-electron chi connectivity index (χ1n) is 11.5. The van der Waals surface area contributed by atoms with E-state index in [0.29, 0.717) is 0 Å². The van der Waals surface area contributed by atoms with Crippen LogP contribution in [0.5, 0.6) is 0 Å². The summed E-state index contributed by atoms with van der Waals surface area (Å²) in [6.45, 7) is 10.9. The van der Waals surface area contributed by atoms with Crippen molar-refractivity contribution in [2.75, 3.05) is 0 Å². The van der Waals surface area contributed by atoms with Crippen LogP contribution in [-0.4, -0.2) is 19.6 Å². The molecule has 0 amide bonds. The van der Waals surface area contributed by atoms with Crippen molar-refractivity contribution in [3.63, 3.8) is 0 Å². The van der Waals surface area contributed by atoms with Gasteiger partial charge in [-0.3, -0.25) is 0 Å². The van der Waals surface area contributed by atoms with Crippen molar-refractivity contribution in [2.45, 2.75) is 32.7 Å². The summed E-state index contributed by atoms with van der Waals surface area (Å²) in [6, 6.07) is 16.0. The van der Waals surface area contributed by atoms with Crippen molar-refractivity contribution in [2.24, 2.45) is 0 Å². The van der Waals surface area contributed by atoms with E-state index < -0.39 is 32.6 Å². The van der Waals surface area contributed by atoms with E-state index in [2.05, 4.69) is 13.2 Å². The Labute approximate surface area is 199 Å². The zero-order valence-electron chi connectivity index (χ0n) is 20.3. The Hall–Kier alpha value is -2.73. The minimum absolute atomic E-state index is 0.248. The van der Waals surface area contributed by atoms with Crippen molar-refractivity contribution < 1.29 is 28.5 Å². The van der Waals surface area contributed by atoms with Crippen LogP contribution in [0.4, 0.5) is 0 Å². The van der Waals surface area contributed by atoms with Crippen molar-refractivity contribution in [1.82, 2.24) is 0 Å². The fourth-order valence-corrected chi connectivity index (χ4v) is 22.1. The van der Waals surface area contributed by atoms with Gasteiger partial charge in [0.15, 0.2) is 0 Å². The number of hydrogen-bond donors (Lipinski definition) is 0. The van der Waals surface area contributed by atoms with Gasteiger partial charge in [-0.25, -0.2) is 0 Å². The minimum atomic E-state index is -6.43. The fourth-order valence-electron chi connectivity index (χ4n) is 6.00. The number of fused-ring (bicyclic) bond motifs is 2. The summed E-state index contributed by atoms with van der Waals surface area (Å²) in [5.41, 5.74) is 4.47. The van der Waals surface area contributed by atoms with Crippen LogP contribution in [0.2, 0.25) is 10.5 Å². The van der Waals surface area contributed by atoms with Crippen LogP contribution in [-0.2, 0) is 28.5 Å². The molecule has 0 saturated carbocycles. The first-order chi connectivity index (χ1) is 15.7. The summed E-state index contributed by atoms with van der Waals surface area (Å²) < 4.78 is 12.7. The molecule has 4 nitrogen and oxygen atoms in total. The Balaban J connectivity index is 2.20. The number of benzene rings is 2. The molecule has 0 bridgehead atoms. The molecular formula is C28H32O4SiTi. The molecule has 0 radical (unpaired) electrons. The molecule has 6 heteroatoms. The quantitative estimate of drug-likeness (QED) is 0.355. The monoisotopic (exact) mass is 508 g/mol. The topological polar surface area (TPSA) is 52.6 Å². The molecule has 176 valence electrons. The summed E-state index contributed by atoms with van der Waals surface area (Å²) in [4.78, 5) is 27.1. The van der Waals surface area contributed by atoms with E-state index in [1.54, 1.807) is 21.5 Å². The molecule has 34 heavy (non-hydrogen) atoms. The Morgan fingerprint density at radius 1 is 0.765 bits per heavy atom. The molecule has 2 aliphatic rings. The van der Waals surface area contributed by atoms with Crippen molar-refractivity contribution in [1.29, 1.82) is 0 Å². The van der Waals surface area contributed by atoms with Gasteiger partial charge in [-0.1, -0.05) is 0 Å². The SMILES string of the molecule is C=C(C)C(=O)[O][Ti]([CH3])([CH3])(=[SiH2])([O]C(=O)C(=C)C)([CH]1C=Cc2ccccc21)[CH]1C=Cc2ccccc21. The second kappa shape index (κ2) is 6.69. The van der Waals surface area contributed by atoms with Crippen LogP contribution < -0.4 is 0 Å². The van der Waals surface area contributed by atoms with Crippen LogP contribution in [0.3, 0.4) is 0 Å². The molecule has 0 spiro atoms. The van der Waals surface area contributed by atoms with Gasteiger partial charge in [0.25, 0.3) is 0 Å². The summed E-state index contributed by atoms with van der Waals surface area (Å²) in [6.07, 6.45) is 8.13. The van der Waals surface area contributed by atoms with E-state index in [0.717, 1.165) is 22.3 Å². The normalized spacial score (nSPS) is 21.2. The molecule has 0 heterocycles. The second-order valence-corrected chi connectivity index (χ2v) is 40.4. The summed E-state index contributed by atoms with van der Waals surface area (Å²) >= 11 is -6.43. The molecule has 2 unspecified atom stereocenters. The Kier molecular flexibility index (Phi) is 4.80. The number of carbonyl (C=O) groups excluding carboxylic acids is 2. The Morgan fingerprint density at radius 3 is 1.47 bits per heavy atom. The van der Waals surface area contributed by atoms with E-state index in [1.165, 1.54) is 0 Å². The van der Waals surface area contributed by atoms with Crippen LogP contribution in [0.1, 0.15) is 44.5 Å². The zero-order chi connectivity index (χ0) is 25.1. The predicted octanol–water partition coefficient (Wildman–Crippen LogP) is 6.00. The van der Waals surface area contributed by atoms with Gasteiger partial charge in [0.1, 0.15) is 0 Å². The van der Waals surface area contributed by atoms with Gasteiger partial charge in [0, 0.05) is 0 Å². The zero-order valence-corrected chi connectivity index (χ0v) is 23.3. The van der Waals surface area contributed by atoms with Crippen LogP contribution in [0.25, 0.3) is 12.2 Å². The molecule has 2 atom stereocenters. The number of allylic oxidation sites excluding steroid dienone is 2. The van der Waals surface area contributed by atoms with Gasteiger partial charge < -0.3 is 0 Å². The van der Waals surface area contributed by atoms with Crippen molar-refractivity contribution >= 4 is 31.7 Å². The average molecular weight is 509 g/mol. The van der Waals surface area contributed by atoms with Gasteiger partial charge in [0.2, 0.25) is 0 Å². The van der Waals surface area contributed by atoms with Crippen LogP contribution >= 0.6 is 0 Å². The van der Waals surface area contributed by atoms with Gasteiger partial charge in [0.05, 0.1) is 0 Å². The van der Waals surface area contributed by atoms with Crippen LogP contribution in [0, 0.1) is 0 Å². The van der Waals surface area contributed by atoms with E-state index in [9.17, 15) is 9.59 Å². The molecule has 0 N–H and O–H groups in total. The Morgan fingerprint density at radius 2 is 1.12 bits per heavy atom. The fraction of sp³-hybridized carbons (Fsp3) is 0.214. The molecule has 4 rings (SSSR count). The van der Waals surface area contributed by atoms with Gasteiger partial charge in [-0.15, -0.1) is 0 Å². The van der Waals surface area contributed by atoms with Gasteiger partial charge >= 0.3 is 200 Å². The molecule has 0 aromatic heterocycles. The Bertz CT molecular complexity index is 1390. The van der Waals surface area contributed by atoms with E-state index in [-0.39, 0.29) is 11.1 Å². The third-order valence-corrected chi connectivity index (χ3v) is 25.6. The molecule has 0 saturated heterocycles. The molecular weight excluding hydrogens is 476 g/mol. The number of carbonyl (C=O) groups is 2. The molecule has 2 aromatic rings. The maximum atomic E-state index is 13.5.